The summed E-state index contributed by atoms with van der Waals surface area (Å²) < 4.78 is 0. The smallest absolute Gasteiger partial charge is 0.138 e. The predicted molar refractivity (Wildman–Crippen MR) is 85.1 cm³/mol. The number of nitrogen functional groups attached to an aromatic ring is 2. The Morgan fingerprint density at radius 1 is 0.682 bits per heavy atom. The number of hydrogen-bond acceptors (Lipinski definition) is 6. The van der Waals surface area contributed by atoms with E-state index in [4.69, 9.17) is 11.5 Å². The zero-order chi connectivity index (χ0) is 15.7. The van der Waals surface area contributed by atoms with Crippen LogP contribution in [0.5, 0.6) is 11.5 Å². The van der Waals surface area contributed by atoms with Crippen LogP contribution in [0.2, 0.25) is 0 Å². The number of phenolic OH excluding ortho intramolecular Hbond substituents is 2. The molecule has 1 aromatic heterocycles. The Morgan fingerprint density at radius 3 is 1.41 bits per heavy atom. The van der Waals surface area contributed by atoms with Crippen LogP contribution in [0.4, 0.5) is 11.4 Å². The third kappa shape index (κ3) is 2.49. The Hall–Kier alpha value is -3.28. The molecular formula is C16H14N4O2. The molecule has 0 radical (unpaired) electrons. The summed E-state index contributed by atoms with van der Waals surface area (Å²) in [4.78, 5) is 8.69. The van der Waals surface area contributed by atoms with E-state index in [0.717, 1.165) is 11.1 Å². The van der Waals surface area contributed by atoms with Gasteiger partial charge < -0.3 is 21.7 Å². The van der Waals surface area contributed by atoms with Crippen molar-refractivity contribution in [2.45, 2.75) is 0 Å². The van der Waals surface area contributed by atoms with Gasteiger partial charge in [0.2, 0.25) is 0 Å². The second-order valence-corrected chi connectivity index (χ2v) is 4.83. The van der Waals surface area contributed by atoms with E-state index in [2.05, 4.69) is 9.97 Å². The molecule has 0 aliphatic heterocycles. The Labute approximate surface area is 126 Å². The zero-order valence-electron chi connectivity index (χ0n) is 11.6. The van der Waals surface area contributed by atoms with Gasteiger partial charge in [-0.05, 0) is 36.4 Å². The molecule has 0 fully saturated rings. The molecular weight excluding hydrogens is 280 g/mol. The van der Waals surface area contributed by atoms with Crippen LogP contribution >= 0.6 is 0 Å². The number of anilines is 2. The molecule has 3 rings (SSSR count). The topological polar surface area (TPSA) is 118 Å². The van der Waals surface area contributed by atoms with Gasteiger partial charge in [-0.3, -0.25) is 9.97 Å². The summed E-state index contributed by atoms with van der Waals surface area (Å²) in [7, 11) is 0. The van der Waals surface area contributed by atoms with Crippen LogP contribution in [0, 0.1) is 0 Å². The van der Waals surface area contributed by atoms with Gasteiger partial charge in [0.15, 0.2) is 0 Å². The van der Waals surface area contributed by atoms with Crippen molar-refractivity contribution in [3.63, 3.8) is 0 Å². The molecule has 22 heavy (non-hydrogen) atoms. The largest absolute Gasteiger partial charge is 0.506 e. The molecule has 0 atom stereocenters. The number of phenols is 2. The van der Waals surface area contributed by atoms with Gasteiger partial charge in [-0.2, -0.15) is 0 Å². The van der Waals surface area contributed by atoms with Crippen LogP contribution in [0.15, 0.2) is 48.8 Å². The molecule has 110 valence electrons. The van der Waals surface area contributed by atoms with Crippen molar-refractivity contribution in [3.8, 4) is 34.0 Å². The van der Waals surface area contributed by atoms with Gasteiger partial charge in [-0.25, -0.2) is 0 Å². The van der Waals surface area contributed by atoms with E-state index in [9.17, 15) is 10.2 Å². The van der Waals surface area contributed by atoms with E-state index >= 15 is 0 Å². The minimum atomic E-state index is 0.0351. The first-order valence-corrected chi connectivity index (χ1v) is 6.54. The molecule has 0 bridgehead atoms. The predicted octanol–water partition coefficient (Wildman–Crippen LogP) is 2.39. The summed E-state index contributed by atoms with van der Waals surface area (Å²) in [6.07, 6.45) is 3.23. The molecule has 2 aromatic carbocycles. The first-order chi connectivity index (χ1) is 10.5. The molecule has 6 nitrogen and oxygen atoms in total. The average molecular weight is 294 g/mol. The van der Waals surface area contributed by atoms with E-state index in [1.807, 2.05) is 0 Å². The van der Waals surface area contributed by atoms with Crippen molar-refractivity contribution in [2.75, 3.05) is 11.5 Å². The van der Waals surface area contributed by atoms with Crippen LogP contribution in [-0.4, -0.2) is 20.2 Å². The van der Waals surface area contributed by atoms with E-state index in [1.165, 1.54) is 12.1 Å². The van der Waals surface area contributed by atoms with Crippen LogP contribution in [0.1, 0.15) is 0 Å². The first kappa shape index (κ1) is 13.7. The summed E-state index contributed by atoms with van der Waals surface area (Å²) in [5.41, 5.74) is 14.7. The number of nitrogens with zero attached hydrogens (tertiary/aromatic N) is 2. The quantitative estimate of drug-likeness (QED) is 0.425. The monoisotopic (exact) mass is 294 g/mol. The highest BCUT2D eigenvalue weighted by molar-refractivity contribution is 5.70. The third-order valence-electron chi connectivity index (χ3n) is 3.30. The number of aromatic nitrogens is 2. The van der Waals surface area contributed by atoms with Crippen LogP contribution in [0.25, 0.3) is 22.5 Å². The molecule has 1 heterocycles. The fraction of sp³-hybridized carbons (Fsp3) is 0. The van der Waals surface area contributed by atoms with Gasteiger partial charge in [0.25, 0.3) is 0 Å². The van der Waals surface area contributed by atoms with E-state index < -0.39 is 0 Å². The summed E-state index contributed by atoms with van der Waals surface area (Å²) in [6, 6.07) is 9.73. The lowest BCUT2D eigenvalue weighted by molar-refractivity contribution is 0.477. The van der Waals surface area contributed by atoms with Crippen LogP contribution < -0.4 is 11.5 Å². The summed E-state index contributed by atoms with van der Waals surface area (Å²) in [6.45, 7) is 0. The van der Waals surface area contributed by atoms with Crippen molar-refractivity contribution in [3.05, 3.63) is 48.8 Å². The number of aromatic hydroxyl groups is 2. The Balaban J connectivity index is 1.95. The van der Waals surface area contributed by atoms with Crippen molar-refractivity contribution < 1.29 is 10.2 Å². The van der Waals surface area contributed by atoms with Crippen molar-refractivity contribution in [1.82, 2.24) is 9.97 Å². The lowest BCUT2D eigenvalue weighted by atomic mass is 10.1. The molecule has 6 N–H and O–H groups in total. The lowest BCUT2D eigenvalue weighted by Gasteiger charge is -2.06. The standard InChI is InChI=1S/C16H14N4O2/c17-11-5-9(1-3-15(11)21)13-7-20-14(8-19-13)10-2-4-16(22)12(18)6-10/h1-8,21-22H,17-18H2. The summed E-state index contributed by atoms with van der Waals surface area (Å²) in [5, 5.41) is 18.9. The van der Waals surface area contributed by atoms with Crippen molar-refractivity contribution >= 4 is 11.4 Å². The molecule has 0 saturated carbocycles. The zero-order valence-corrected chi connectivity index (χ0v) is 11.6. The van der Waals surface area contributed by atoms with Gasteiger partial charge >= 0.3 is 0 Å². The third-order valence-corrected chi connectivity index (χ3v) is 3.30. The molecule has 3 aromatic rings. The fourth-order valence-electron chi connectivity index (χ4n) is 2.05. The van der Waals surface area contributed by atoms with E-state index in [-0.39, 0.29) is 22.9 Å². The van der Waals surface area contributed by atoms with Crippen molar-refractivity contribution in [1.29, 1.82) is 0 Å². The minimum absolute atomic E-state index is 0.0351. The number of hydrogen-bond donors (Lipinski definition) is 4. The highest BCUT2D eigenvalue weighted by Gasteiger charge is 2.06. The number of benzene rings is 2. The second-order valence-electron chi connectivity index (χ2n) is 4.83. The first-order valence-electron chi connectivity index (χ1n) is 6.54. The average Bonchev–Trinajstić information content (AvgIpc) is 2.53. The summed E-state index contributed by atoms with van der Waals surface area (Å²) in [5.74, 6) is 0.0702. The SMILES string of the molecule is Nc1cc(-c2cnc(-c3ccc(O)c(N)c3)cn2)ccc1O. The molecule has 0 unspecified atom stereocenters. The normalized spacial score (nSPS) is 10.5. The maximum absolute atomic E-state index is 9.44. The van der Waals surface area contributed by atoms with Crippen molar-refractivity contribution in [2.24, 2.45) is 0 Å². The van der Waals surface area contributed by atoms with E-state index in [0.29, 0.717) is 11.4 Å². The highest BCUT2D eigenvalue weighted by atomic mass is 16.3. The van der Waals surface area contributed by atoms with Crippen LogP contribution in [0.3, 0.4) is 0 Å². The number of nitrogens with two attached hydrogens (primary N) is 2. The minimum Gasteiger partial charge on any atom is -0.506 e. The van der Waals surface area contributed by atoms with Gasteiger partial charge in [0.1, 0.15) is 11.5 Å². The van der Waals surface area contributed by atoms with Gasteiger partial charge in [-0.15, -0.1) is 0 Å². The lowest BCUT2D eigenvalue weighted by Crippen LogP contribution is -1.92. The van der Waals surface area contributed by atoms with Gasteiger partial charge in [0, 0.05) is 11.1 Å². The Bertz CT molecular complexity index is 762. The molecule has 0 spiro atoms. The molecule has 0 saturated heterocycles. The van der Waals surface area contributed by atoms with Gasteiger partial charge in [0.05, 0.1) is 35.2 Å². The molecule has 0 amide bonds. The van der Waals surface area contributed by atoms with Gasteiger partial charge in [-0.1, -0.05) is 0 Å². The maximum atomic E-state index is 9.44. The highest BCUT2D eigenvalue weighted by Crippen LogP contribution is 2.28. The Kier molecular flexibility index (Phi) is 3.27. The maximum Gasteiger partial charge on any atom is 0.138 e. The van der Waals surface area contributed by atoms with E-state index in [1.54, 1.807) is 36.7 Å². The molecule has 0 aliphatic rings. The molecule has 6 heteroatoms. The summed E-state index contributed by atoms with van der Waals surface area (Å²) >= 11 is 0. The Morgan fingerprint density at radius 2 is 1.09 bits per heavy atom. The fourth-order valence-corrected chi connectivity index (χ4v) is 2.05. The molecule has 0 aliphatic carbocycles. The van der Waals surface area contributed by atoms with Crippen LogP contribution in [-0.2, 0) is 0 Å². The number of rotatable bonds is 2. The second kappa shape index (κ2) is 5.25.